The number of nitrogens with one attached hydrogen (secondary N) is 1. The Kier molecular flexibility index (Phi) is 4.90. The zero-order chi connectivity index (χ0) is 20.5. The number of anilines is 1. The summed E-state index contributed by atoms with van der Waals surface area (Å²) in [6.45, 7) is 3.62. The molecule has 1 N–H and O–H groups in total. The van der Waals surface area contributed by atoms with Gasteiger partial charge in [-0.2, -0.15) is 5.10 Å². The van der Waals surface area contributed by atoms with Gasteiger partial charge in [0.1, 0.15) is 18.3 Å². The van der Waals surface area contributed by atoms with Crippen LogP contribution < -0.4 is 10.9 Å². The fraction of sp³-hybridized carbons (Fsp3) is 0.143. The lowest BCUT2D eigenvalue weighted by Crippen LogP contribution is -2.28. The molecule has 2 aromatic heterocycles. The van der Waals surface area contributed by atoms with Crippen LogP contribution in [0.5, 0.6) is 0 Å². The maximum Gasteiger partial charge on any atom is 0.264 e. The molecule has 29 heavy (non-hydrogen) atoms. The minimum Gasteiger partial charge on any atom is -0.323 e. The molecule has 0 aliphatic carbocycles. The van der Waals surface area contributed by atoms with Gasteiger partial charge in [0.2, 0.25) is 5.91 Å². The number of halogens is 1. The third kappa shape index (κ3) is 3.64. The molecule has 0 saturated heterocycles. The van der Waals surface area contributed by atoms with Gasteiger partial charge in [-0.3, -0.25) is 14.2 Å². The second kappa shape index (κ2) is 7.52. The van der Waals surface area contributed by atoms with Crippen molar-refractivity contribution in [3.05, 3.63) is 81.5 Å². The number of carbonyl (C=O) groups excluding carboxylic acids is 1. The molecule has 8 heteroatoms. The fourth-order valence-corrected chi connectivity index (χ4v) is 3.60. The van der Waals surface area contributed by atoms with Crippen molar-refractivity contribution in [1.82, 2.24) is 19.3 Å². The highest BCUT2D eigenvalue weighted by molar-refractivity contribution is 6.34. The van der Waals surface area contributed by atoms with E-state index in [9.17, 15) is 9.59 Å². The van der Waals surface area contributed by atoms with Crippen molar-refractivity contribution < 1.29 is 4.79 Å². The standard InChI is InChI=1S/C21H18ClN5O2/c1-13-8-14(2)19(17(22)9-13)25-18(28)11-26-12-23-20-16(21(26)29)10-24-27(20)15-6-4-3-5-7-15/h3-10,12H,11H2,1-2H3,(H,25,28). The number of hydrogen-bond acceptors (Lipinski definition) is 4. The van der Waals surface area contributed by atoms with Crippen molar-refractivity contribution >= 4 is 34.2 Å². The van der Waals surface area contributed by atoms with Crippen molar-refractivity contribution in [3.63, 3.8) is 0 Å². The van der Waals surface area contributed by atoms with E-state index in [2.05, 4.69) is 15.4 Å². The second-order valence-corrected chi connectivity index (χ2v) is 7.20. The third-order valence-corrected chi connectivity index (χ3v) is 4.86. The molecule has 0 bridgehead atoms. The van der Waals surface area contributed by atoms with Gasteiger partial charge in [-0.1, -0.05) is 35.9 Å². The SMILES string of the molecule is Cc1cc(C)c(NC(=O)Cn2cnc3c(cnn3-c3ccccc3)c2=O)c(Cl)c1. The van der Waals surface area contributed by atoms with Crippen molar-refractivity contribution in [2.24, 2.45) is 0 Å². The predicted octanol–water partition coefficient (Wildman–Crippen LogP) is 3.49. The van der Waals surface area contributed by atoms with E-state index in [0.29, 0.717) is 21.7 Å². The van der Waals surface area contributed by atoms with E-state index >= 15 is 0 Å². The molecule has 2 heterocycles. The Balaban J connectivity index is 1.62. The highest BCUT2D eigenvalue weighted by atomic mass is 35.5. The number of benzene rings is 2. The van der Waals surface area contributed by atoms with Gasteiger partial charge in [0.15, 0.2) is 5.65 Å². The topological polar surface area (TPSA) is 81.8 Å². The summed E-state index contributed by atoms with van der Waals surface area (Å²) < 4.78 is 2.85. The first-order chi connectivity index (χ1) is 13.9. The van der Waals surface area contributed by atoms with Crippen molar-refractivity contribution in [1.29, 1.82) is 0 Å². The Morgan fingerprint density at radius 3 is 2.66 bits per heavy atom. The lowest BCUT2D eigenvalue weighted by molar-refractivity contribution is -0.116. The van der Waals surface area contributed by atoms with Crippen LogP contribution in [0.1, 0.15) is 11.1 Å². The first kappa shape index (κ1) is 18.9. The molecule has 0 aliphatic heterocycles. The molecule has 146 valence electrons. The van der Waals surface area contributed by atoms with Gasteiger partial charge >= 0.3 is 0 Å². The normalized spacial score (nSPS) is 11.0. The molecular formula is C21H18ClN5O2. The summed E-state index contributed by atoms with van der Waals surface area (Å²) in [5, 5.41) is 7.85. The minimum atomic E-state index is -0.363. The van der Waals surface area contributed by atoms with Crippen LogP contribution in [0.4, 0.5) is 5.69 Å². The van der Waals surface area contributed by atoms with Crippen molar-refractivity contribution in [2.75, 3.05) is 5.32 Å². The Labute approximate surface area is 171 Å². The number of amides is 1. The molecule has 0 aliphatic rings. The summed E-state index contributed by atoms with van der Waals surface area (Å²) in [4.78, 5) is 29.7. The van der Waals surface area contributed by atoms with Crippen LogP contribution >= 0.6 is 11.6 Å². The highest BCUT2D eigenvalue weighted by Crippen LogP contribution is 2.27. The minimum absolute atomic E-state index is 0.179. The maximum absolute atomic E-state index is 12.8. The number of nitrogens with zero attached hydrogens (tertiary/aromatic N) is 4. The molecular weight excluding hydrogens is 390 g/mol. The zero-order valence-corrected chi connectivity index (χ0v) is 16.6. The fourth-order valence-electron chi connectivity index (χ4n) is 3.23. The smallest absolute Gasteiger partial charge is 0.264 e. The molecule has 4 aromatic rings. The maximum atomic E-state index is 12.8. The van der Waals surface area contributed by atoms with Gasteiger partial charge in [0.05, 0.1) is 22.6 Å². The summed E-state index contributed by atoms with van der Waals surface area (Å²) in [5.74, 6) is -0.363. The third-order valence-electron chi connectivity index (χ3n) is 4.57. The number of fused-ring (bicyclic) bond motifs is 1. The molecule has 0 saturated carbocycles. The molecule has 4 rings (SSSR count). The molecule has 0 radical (unpaired) electrons. The lowest BCUT2D eigenvalue weighted by Gasteiger charge is -2.12. The van der Waals surface area contributed by atoms with E-state index in [1.807, 2.05) is 50.2 Å². The van der Waals surface area contributed by atoms with Crippen molar-refractivity contribution in [3.8, 4) is 5.69 Å². The van der Waals surface area contributed by atoms with Crippen LogP contribution in [-0.2, 0) is 11.3 Å². The first-order valence-corrected chi connectivity index (χ1v) is 9.37. The quantitative estimate of drug-likeness (QED) is 0.561. The van der Waals surface area contributed by atoms with Gasteiger partial charge in [0, 0.05) is 0 Å². The van der Waals surface area contributed by atoms with Gasteiger partial charge in [-0.05, 0) is 43.2 Å². The molecule has 0 atom stereocenters. The van der Waals surface area contributed by atoms with E-state index in [4.69, 9.17) is 11.6 Å². The average molecular weight is 408 g/mol. The molecule has 0 unspecified atom stereocenters. The number of hydrogen-bond donors (Lipinski definition) is 1. The van der Waals surface area contributed by atoms with Crippen LogP contribution in [0.25, 0.3) is 16.7 Å². The second-order valence-electron chi connectivity index (χ2n) is 6.79. The first-order valence-electron chi connectivity index (χ1n) is 8.99. The molecule has 2 aromatic carbocycles. The summed E-state index contributed by atoms with van der Waals surface area (Å²) in [6.07, 6.45) is 2.82. The van der Waals surface area contributed by atoms with Gasteiger partial charge in [-0.15, -0.1) is 0 Å². The molecule has 0 fully saturated rings. The average Bonchev–Trinajstić information content (AvgIpc) is 3.12. The number of aryl methyl sites for hydroxylation is 2. The van der Waals surface area contributed by atoms with E-state index in [-0.39, 0.29) is 18.0 Å². The Bertz CT molecular complexity index is 1250. The lowest BCUT2D eigenvalue weighted by atomic mass is 10.1. The number of aromatic nitrogens is 4. The summed E-state index contributed by atoms with van der Waals surface area (Å²) in [5.41, 5.74) is 3.31. The molecule has 7 nitrogen and oxygen atoms in total. The van der Waals surface area contributed by atoms with Crippen LogP contribution in [-0.4, -0.2) is 25.2 Å². The Morgan fingerprint density at radius 2 is 1.93 bits per heavy atom. The summed E-state index contributed by atoms with van der Waals surface area (Å²) in [6, 6.07) is 13.1. The molecule has 0 spiro atoms. The van der Waals surface area contributed by atoms with E-state index < -0.39 is 0 Å². The largest absolute Gasteiger partial charge is 0.323 e. The van der Waals surface area contributed by atoms with Gasteiger partial charge in [-0.25, -0.2) is 9.67 Å². The van der Waals surface area contributed by atoms with Crippen molar-refractivity contribution in [2.45, 2.75) is 20.4 Å². The van der Waals surface area contributed by atoms with E-state index in [0.717, 1.165) is 16.8 Å². The van der Waals surface area contributed by atoms with Gasteiger partial charge in [0.25, 0.3) is 5.56 Å². The van der Waals surface area contributed by atoms with Crippen LogP contribution in [0.3, 0.4) is 0 Å². The predicted molar refractivity (Wildman–Crippen MR) is 113 cm³/mol. The summed E-state index contributed by atoms with van der Waals surface area (Å²) in [7, 11) is 0. The monoisotopic (exact) mass is 407 g/mol. The Morgan fingerprint density at radius 1 is 1.17 bits per heavy atom. The number of rotatable bonds is 4. The zero-order valence-electron chi connectivity index (χ0n) is 15.9. The molecule has 1 amide bonds. The summed E-state index contributed by atoms with van der Waals surface area (Å²) >= 11 is 6.25. The van der Waals surface area contributed by atoms with E-state index in [1.165, 1.54) is 17.1 Å². The number of para-hydroxylation sites is 1. The highest BCUT2D eigenvalue weighted by Gasteiger charge is 2.14. The van der Waals surface area contributed by atoms with Crippen LogP contribution in [0.2, 0.25) is 5.02 Å². The number of carbonyl (C=O) groups is 1. The van der Waals surface area contributed by atoms with E-state index in [1.54, 1.807) is 10.7 Å². The Hall–Kier alpha value is -3.45. The van der Waals surface area contributed by atoms with Gasteiger partial charge < -0.3 is 5.32 Å². The van der Waals surface area contributed by atoms with Crippen LogP contribution in [0, 0.1) is 13.8 Å². The van der Waals surface area contributed by atoms with Crippen LogP contribution in [0.15, 0.2) is 59.8 Å².